The number of aryl methyl sites for hydroxylation is 2. The third kappa shape index (κ3) is 7.45. The average molecular weight is 523 g/mol. The van der Waals surface area contributed by atoms with Gasteiger partial charge >= 0.3 is 0 Å². The number of rotatable bonds is 10. The Morgan fingerprint density at radius 1 is 0.941 bits per heavy atom. The molecule has 1 atom stereocenters. The molecular formula is C28H31BrN2O3. The standard InChI is InChI=1S/C28H31BrN2O3/c1-4-30-28(33)26(17-22-8-6-5-7-9-22)31(18-23-10-12-24(29)13-11-23)27(32)19-34-25-15-20(2)14-21(3)16-25/h5-16,26H,4,17-19H2,1-3H3,(H,30,33). The van der Waals surface area contributed by atoms with Crippen LogP contribution in [0.2, 0.25) is 0 Å². The predicted octanol–water partition coefficient (Wildman–Crippen LogP) is 5.22. The molecule has 0 heterocycles. The number of nitrogens with zero attached hydrogens (tertiary/aromatic N) is 1. The molecule has 2 amide bonds. The van der Waals surface area contributed by atoms with Gasteiger partial charge in [-0.15, -0.1) is 0 Å². The molecular weight excluding hydrogens is 492 g/mol. The van der Waals surface area contributed by atoms with Gasteiger partial charge in [0.2, 0.25) is 5.91 Å². The first-order valence-electron chi connectivity index (χ1n) is 11.4. The Morgan fingerprint density at radius 2 is 1.59 bits per heavy atom. The highest BCUT2D eigenvalue weighted by Gasteiger charge is 2.30. The van der Waals surface area contributed by atoms with Crippen LogP contribution in [0, 0.1) is 13.8 Å². The smallest absolute Gasteiger partial charge is 0.261 e. The Kier molecular flexibility index (Phi) is 9.28. The fraction of sp³-hybridized carbons (Fsp3) is 0.286. The summed E-state index contributed by atoms with van der Waals surface area (Å²) in [5, 5.41) is 2.90. The van der Waals surface area contributed by atoms with E-state index in [9.17, 15) is 9.59 Å². The number of amides is 2. The zero-order valence-corrected chi connectivity index (χ0v) is 21.5. The minimum atomic E-state index is -0.665. The number of carbonyl (C=O) groups excluding carboxylic acids is 2. The summed E-state index contributed by atoms with van der Waals surface area (Å²) in [5.41, 5.74) is 4.06. The molecule has 3 aromatic rings. The molecule has 6 heteroatoms. The van der Waals surface area contributed by atoms with Gasteiger partial charge in [-0.1, -0.05) is 64.5 Å². The summed E-state index contributed by atoms with van der Waals surface area (Å²) in [6, 6.07) is 22.7. The Labute approximate surface area is 210 Å². The Balaban J connectivity index is 1.89. The Hall–Kier alpha value is -3.12. The maximum Gasteiger partial charge on any atom is 0.261 e. The van der Waals surface area contributed by atoms with Gasteiger partial charge in [-0.25, -0.2) is 0 Å². The van der Waals surface area contributed by atoms with Gasteiger partial charge in [0.1, 0.15) is 11.8 Å². The molecule has 0 radical (unpaired) electrons. The lowest BCUT2D eigenvalue weighted by Gasteiger charge is -2.31. The van der Waals surface area contributed by atoms with E-state index in [-0.39, 0.29) is 18.4 Å². The van der Waals surface area contributed by atoms with Gasteiger partial charge in [0.05, 0.1) is 0 Å². The number of benzene rings is 3. The summed E-state index contributed by atoms with van der Waals surface area (Å²) in [6.45, 7) is 6.51. The van der Waals surface area contributed by atoms with Crippen molar-refractivity contribution in [3.05, 3.63) is 99.5 Å². The second-order valence-electron chi connectivity index (χ2n) is 8.36. The number of halogens is 1. The maximum atomic E-state index is 13.5. The molecule has 5 nitrogen and oxygen atoms in total. The van der Waals surface area contributed by atoms with Crippen LogP contribution in [0.1, 0.15) is 29.2 Å². The zero-order valence-electron chi connectivity index (χ0n) is 19.9. The summed E-state index contributed by atoms with van der Waals surface area (Å²) in [4.78, 5) is 28.3. The Bertz CT molecular complexity index is 1080. The molecule has 34 heavy (non-hydrogen) atoms. The van der Waals surface area contributed by atoms with Crippen molar-refractivity contribution >= 4 is 27.7 Å². The quantitative estimate of drug-likeness (QED) is 0.397. The molecule has 0 bridgehead atoms. The molecule has 0 aromatic heterocycles. The molecule has 0 aliphatic heterocycles. The van der Waals surface area contributed by atoms with Gasteiger partial charge in [0.15, 0.2) is 6.61 Å². The van der Waals surface area contributed by atoms with Crippen molar-refractivity contribution in [2.45, 2.75) is 39.8 Å². The van der Waals surface area contributed by atoms with Crippen molar-refractivity contribution in [1.29, 1.82) is 0 Å². The van der Waals surface area contributed by atoms with Crippen LogP contribution in [-0.4, -0.2) is 35.9 Å². The van der Waals surface area contributed by atoms with Crippen LogP contribution in [0.25, 0.3) is 0 Å². The first-order chi connectivity index (χ1) is 16.4. The van der Waals surface area contributed by atoms with Crippen molar-refractivity contribution < 1.29 is 14.3 Å². The molecule has 0 aliphatic rings. The fourth-order valence-electron chi connectivity index (χ4n) is 3.88. The van der Waals surface area contributed by atoms with Gasteiger partial charge in [0.25, 0.3) is 5.91 Å². The second kappa shape index (κ2) is 12.4. The van der Waals surface area contributed by atoms with E-state index in [4.69, 9.17) is 4.74 Å². The van der Waals surface area contributed by atoms with Crippen molar-refractivity contribution in [2.75, 3.05) is 13.2 Å². The van der Waals surface area contributed by atoms with E-state index in [0.29, 0.717) is 25.3 Å². The highest BCUT2D eigenvalue weighted by atomic mass is 79.9. The van der Waals surface area contributed by atoms with E-state index in [2.05, 4.69) is 27.3 Å². The summed E-state index contributed by atoms with van der Waals surface area (Å²) in [5.74, 6) is 0.226. The lowest BCUT2D eigenvalue weighted by Crippen LogP contribution is -2.51. The minimum Gasteiger partial charge on any atom is -0.484 e. The molecule has 3 aromatic carbocycles. The molecule has 178 valence electrons. The molecule has 0 spiro atoms. The summed E-state index contributed by atoms with van der Waals surface area (Å²) in [6.07, 6.45) is 0.415. The summed E-state index contributed by atoms with van der Waals surface area (Å²) < 4.78 is 6.83. The topological polar surface area (TPSA) is 58.6 Å². The lowest BCUT2D eigenvalue weighted by atomic mass is 10.0. The summed E-state index contributed by atoms with van der Waals surface area (Å²) >= 11 is 3.46. The van der Waals surface area contributed by atoms with Gasteiger partial charge < -0.3 is 15.0 Å². The molecule has 3 rings (SSSR count). The van der Waals surface area contributed by atoms with Gasteiger partial charge in [-0.3, -0.25) is 9.59 Å². The van der Waals surface area contributed by atoms with Gasteiger partial charge in [-0.2, -0.15) is 0 Å². The molecule has 0 saturated heterocycles. The number of hydrogen-bond acceptors (Lipinski definition) is 3. The fourth-order valence-corrected chi connectivity index (χ4v) is 4.14. The second-order valence-corrected chi connectivity index (χ2v) is 9.28. The van der Waals surface area contributed by atoms with Gasteiger partial charge in [0, 0.05) is 24.0 Å². The van der Waals surface area contributed by atoms with E-state index < -0.39 is 6.04 Å². The average Bonchev–Trinajstić information content (AvgIpc) is 2.81. The zero-order chi connectivity index (χ0) is 24.5. The van der Waals surface area contributed by atoms with Crippen LogP contribution in [0.3, 0.4) is 0 Å². The number of ether oxygens (including phenoxy) is 1. The van der Waals surface area contributed by atoms with Crippen molar-refractivity contribution in [3.8, 4) is 5.75 Å². The van der Waals surface area contributed by atoms with E-state index >= 15 is 0 Å². The van der Waals surface area contributed by atoms with Crippen LogP contribution in [0.15, 0.2) is 77.3 Å². The van der Waals surface area contributed by atoms with Gasteiger partial charge in [-0.05, 0) is 67.3 Å². The van der Waals surface area contributed by atoms with Crippen molar-refractivity contribution in [3.63, 3.8) is 0 Å². The van der Waals surface area contributed by atoms with Crippen molar-refractivity contribution in [1.82, 2.24) is 10.2 Å². The van der Waals surface area contributed by atoms with Crippen LogP contribution in [-0.2, 0) is 22.6 Å². The monoisotopic (exact) mass is 522 g/mol. The van der Waals surface area contributed by atoms with Crippen LogP contribution >= 0.6 is 15.9 Å². The van der Waals surface area contributed by atoms with Crippen LogP contribution in [0.5, 0.6) is 5.75 Å². The van der Waals surface area contributed by atoms with E-state index in [0.717, 1.165) is 26.7 Å². The number of carbonyl (C=O) groups is 2. The highest BCUT2D eigenvalue weighted by Crippen LogP contribution is 2.19. The van der Waals surface area contributed by atoms with Crippen LogP contribution < -0.4 is 10.1 Å². The SMILES string of the molecule is CCNC(=O)C(Cc1ccccc1)N(Cc1ccc(Br)cc1)C(=O)COc1cc(C)cc(C)c1. The largest absolute Gasteiger partial charge is 0.484 e. The summed E-state index contributed by atoms with van der Waals surface area (Å²) in [7, 11) is 0. The van der Waals surface area contributed by atoms with Crippen molar-refractivity contribution in [2.24, 2.45) is 0 Å². The normalized spacial score (nSPS) is 11.5. The molecule has 0 saturated carbocycles. The van der Waals surface area contributed by atoms with E-state index in [1.54, 1.807) is 4.90 Å². The number of hydrogen-bond donors (Lipinski definition) is 1. The van der Waals surface area contributed by atoms with E-state index in [1.165, 1.54) is 0 Å². The molecule has 0 fully saturated rings. The highest BCUT2D eigenvalue weighted by molar-refractivity contribution is 9.10. The van der Waals surface area contributed by atoms with Crippen LogP contribution in [0.4, 0.5) is 0 Å². The molecule has 1 unspecified atom stereocenters. The Morgan fingerprint density at radius 3 is 2.21 bits per heavy atom. The maximum absolute atomic E-state index is 13.5. The molecule has 1 N–H and O–H groups in total. The van der Waals surface area contributed by atoms with E-state index in [1.807, 2.05) is 87.5 Å². The predicted molar refractivity (Wildman–Crippen MR) is 139 cm³/mol. The first-order valence-corrected chi connectivity index (χ1v) is 12.2. The lowest BCUT2D eigenvalue weighted by molar-refractivity contribution is -0.142. The minimum absolute atomic E-state index is 0.149. The molecule has 0 aliphatic carbocycles. The third-order valence-corrected chi connectivity index (χ3v) is 5.97. The third-order valence-electron chi connectivity index (χ3n) is 5.45. The first kappa shape index (κ1) is 25.5. The number of nitrogens with one attached hydrogen (secondary N) is 1. The number of likely N-dealkylation sites (N-methyl/N-ethyl adjacent to an activating group) is 1.